The molecule has 228 valence electrons. The third kappa shape index (κ3) is 5.59. The fourth-order valence-corrected chi connectivity index (χ4v) is 4.92. The van der Waals surface area contributed by atoms with Gasteiger partial charge in [-0.1, -0.05) is 0 Å². The van der Waals surface area contributed by atoms with E-state index in [-0.39, 0.29) is 52.3 Å². The Morgan fingerprint density at radius 3 is 2.49 bits per heavy atom. The first kappa shape index (κ1) is 30.2. The normalized spacial score (nSPS) is 22.4. The van der Waals surface area contributed by atoms with Crippen LogP contribution in [-0.2, 0) is 11.1 Å². The van der Waals surface area contributed by atoms with Crippen LogP contribution < -0.4 is 25.3 Å². The van der Waals surface area contributed by atoms with Gasteiger partial charge in [0.15, 0.2) is 17.2 Å². The van der Waals surface area contributed by atoms with Gasteiger partial charge in [0.05, 0.1) is 31.0 Å². The highest BCUT2D eigenvalue weighted by molar-refractivity contribution is 5.95. The molecule has 1 fully saturated rings. The van der Waals surface area contributed by atoms with Gasteiger partial charge in [0.1, 0.15) is 24.2 Å². The van der Waals surface area contributed by atoms with Crippen LogP contribution in [0.5, 0.6) is 17.2 Å². The number of aliphatic hydroxyl groups is 1. The summed E-state index contributed by atoms with van der Waals surface area (Å²) in [5.41, 5.74) is 0.902. The van der Waals surface area contributed by atoms with Gasteiger partial charge in [0.25, 0.3) is 11.4 Å². The van der Waals surface area contributed by atoms with Gasteiger partial charge >= 0.3 is 6.18 Å². The van der Waals surface area contributed by atoms with Crippen LogP contribution in [0, 0.1) is 10.7 Å². The van der Waals surface area contributed by atoms with Crippen molar-refractivity contribution < 1.29 is 41.7 Å². The van der Waals surface area contributed by atoms with Crippen molar-refractivity contribution in [2.75, 3.05) is 20.3 Å². The number of aromatic nitrogens is 1. The molecule has 0 saturated heterocycles. The van der Waals surface area contributed by atoms with E-state index in [2.05, 4.69) is 15.5 Å². The highest BCUT2D eigenvalue weighted by Crippen LogP contribution is 2.47. The molecule has 4 N–H and O–H groups in total. The number of ether oxygens (including phenoxy) is 3. The number of nitrogens with two attached hydrogens (primary N) is 1. The van der Waals surface area contributed by atoms with Gasteiger partial charge in [0.2, 0.25) is 0 Å². The van der Waals surface area contributed by atoms with E-state index < -0.39 is 47.3 Å². The molecule has 2 aromatic carbocycles. The molecule has 1 amide bonds. The Morgan fingerprint density at radius 1 is 1.19 bits per heavy atom. The van der Waals surface area contributed by atoms with Crippen LogP contribution in [0.4, 0.5) is 17.6 Å². The number of alkyl halides is 3. The molecular weight excluding hydrogens is 576 g/mol. The molecule has 14 heteroatoms. The lowest BCUT2D eigenvalue weighted by Gasteiger charge is -2.32. The van der Waals surface area contributed by atoms with E-state index in [0.29, 0.717) is 12.8 Å². The molecule has 0 spiro atoms. The van der Waals surface area contributed by atoms with E-state index in [0.717, 1.165) is 18.2 Å². The fourth-order valence-electron chi connectivity index (χ4n) is 4.92. The summed E-state index contributed by atoms with van der Waals surface area (Å²) >= 11 is 0. The second-order valence-corrected chi connectivity index (χ2v) is 10.8. The number of hydrogen-bond acceptors (Lipinski definition) is 9. The maximum atomic E-state index is 14.8. The average molecular weight is 605 g/mol. The number of nitroso groups, excluding NO2 is 1. The van der Waals surface area contributed by atoms with Gasteiger partial charge in [-0.2, -0.15) is 13.2 Å². The van der Waals surface area contributed by atoms with Crippen molar-refractivity contribution >= 4 is 5.91 Å². The predicted molar refractivity (Wildman–Crippen MR) is 145 cm³/mol. The number of pyridine rings is 1. The molecule has 1 aliphatic heterocycles. The van der Waals surface area contributed by atoms with Crippen molar-refractivity contribution in [3.05, 3.63) is 76.1 Å². The van der Waals surface area contributed by atoms with E-state index in [9.17, 15) is 32.4 Å². The third-order valence-corrected chi connectivity index (χ3v) is 7.57. The maximum absolute atomic E-state index is 14.8. The van der Waals surface area contributed by atoms with Gasteiger partial charge in [-0.3, -0.25) is 4.79 Å². The number of carbonyl (C=O) groups excluding carboxylic acids is 1. The highest BCUT2D eigenvalue weighted by Gasteiger charge is 2.60. The number of fused-ring (bicyclic) bond motifs is 1. The van der Waals surface area contributed by atoms with Gasteiger partial charge in [-0.15, -0.1) is 4.91 Å². The van der Waals surface area contributed by atoms with Crippen LogP contribution in [0.25, 0.3) is 11.3 Å². The van der Waals surface area contributed by atoms with E-state index in [1.54, 1.807) is 0 Å². The van der Waals surface area contributed by atoms with Crippen molar-refractivity contribution in [2.24, 2.45) is 10.9 Å². The molecular formula is C29H28F4N4O6. The molecule has 10 nitrogen and oxygen atoms in total. The smallest absolute Gasteiger partial charge is 0.424 e. The molecule has 2 unspecified atom stereocenters. The van der Waals surface area contributed by atoms with Crippen LogP contribution in [0.2, 0.25) is 0 Å². The fraction of sp³-hybridized carbons (Fsp3) is 0.379. The van der Waals surface area contributed by atoms with Crippen molar-refractivity contribution in [3.8, 4) is 28.5 Å². The van der Waals surface area contributed by atoms with Crippen molar-refractivity contribution in [1.29, 1.82) is 0 Å². The molecule has 2 aliphatic rings. The lowest BCUT2D eigenvalue weighted by molar-refractivity contribution is -0.188. The molecule has 2 atom stereocenters. The van der Waals surface area contributed by atoms with Crippen molar-refractivity contribution in [3.63, 3.8) is 0 Å². The zero-order valence-electron chi connectivity index (χ0n) is 23.1. The zero-order chi connectivity index (χ0) is 31.2. The first-order valence-electron chi connectivity index (χ1n) is 13.2. The second kappa shape index (κ2) is 11.1. The summed E-state index contributed by atoms with van der Waals surface area (Å²) in [6, 6.07) is 9.83. The Morgan fingerprint density at radius 2 is 1.88 bits per heavy atom. The van der Waals surface area contributed by atoms with Crippen molar-refractivity contribution in [2.45, 2.75) is 49.2 Å². The number of halogens is 4. The monoisotopic (exact) mass is 604 g/mol. The van der Waals surface area contributed by atoms with Gasteiger partial charge in [0, 0.05) is 29.5 Å². The number of aliphatic hydroxyl groups excluding tert-OH is 1. The Labute approximate surface area is 243 Å². The summed E-state index contributed by atoms with van der Waals surface area (Å²) in [6.07, 6.45) is -5.15. The predicted octanol–water partition coefficient (Wildman–Crippen LogP) is 4.32. The van der Waals surface area contributed by atoms with E-state index >= 15 is 0 Å². The number of carbonyl (C=O) groups is 1. The summed E-state index contributed by atoms with van der Waals surface area (Å²) in [7, 11) is 1.33. The van der Waals surface area contributed by atoms with E-state index in [1.165, 1.54) is 44.4 Å². The lowest BCUT2D eigenvalue weighted by Crippen LogP contribution is -2.50. The number of nitrogens with one attached hydrogen (secondary N) is 1. The Kier molecular flexibility index (Phi) is 7.77. The summed E-state index contributed by atoms with van der Waals surface area (Å²) in [5.74, 6) is -1.000. The van der Waals surface area contributed by atoms with Crippen LogP contribution in [0.3, 0.4) is 0 Å². The average Bonchev–Trinajstić information content (AvgIpc) is 3.26. The molecule has 3 aromatic rings. The second-order valence-electron chi connectivity index (χ2n) is 10.8. The Hall–Kier alpha value is -4.30. The Balaban J connectivity index is 1.49. The van der Waals surface area contributed by atoms with Crippen LogP contribution in [0.1, 0.15) is 41.4 Å². The minimum absolute atomic E-state index is 0.0725. The summed E-state index contributed by atoms with van der Waals surface area (Å²) in [4.78, 5) is 29.3. The zero-order valence-corrected chi connectivity index (χ0v) is 23.1. The largest absolute Gasteiger partial charge is 0.493 e. The first-order chi connectivity index (χ1) is 20.3. The van der Waals surface area contributed by atoms with Crippen LogP contribution in [0.15, 0.2) is 53.7 Å². The lowest BCUT2D eigenvalue weighted by atomic mass is 9.88. The van der Waals surface area contributed by atoms with Gasteiger partial charge in [-0.05, 0) is 60.6 Å². The Bertz CT molecular complexity index is 1540. The van der Waals surface area contributed by atoms with E-state index in [1.807, 2.05) is 0 Å². The number of amides is 1. The number of nitrogens with zero attached hydrogens (tertiary/aromatic N) is 2. The molecule has 1 aliphatic carbocycles. The van der Waals surface area contributed by atoms with E-state index in [4.69, 9.17) is 19.9 Å². The molecule has 2 heterocycles. The number of methoxy groups -OCH3 is 1. The minimum atomic E-state index is -5.31. The van der Waals surface area contributed by atoms with Crippen LogP contribution in [-0.4, -0.2) is 54.6 Å². The molecule has 1 aromatic heterocycles. The quantitative estimate of drug-likeness (QED) is 0.242. The standard InChI is InChI=1S/C29H28F4N4O6/c1-27(34)14-42-25-20(27)12-23(36-24(25)15-3-6-17(30)7-4-15)28(37-40,29(31,32)33)13-35-26(39)16-5-8-21(22(9-16)41-2)43-19-10-18(38)11-19/h3-9,12,18-19,38H,10-11,13-14,34H2,1-2H3,(H,35,39). The third-order valence-electron chi connectivity index (χ3n) is 7.57. The number of hydrogen-bond donors (Lipinski definition) is 3. The molecule has 0 radical (unpaired) electrons. The molecule has 0 bridgehead atoms. The molecule has 5 rings (SSSR count). The highest BCUT2D eigenvalue weighted by atomic mass is 19.4. The molecule has 1 saturated carbocycles. The maximum Gasteiger partial charge on any atom is 0.424 e. The summed E-state index contributed by atoms with van der Waals surface area (Å²) in [5, 5.41) is 14.1. The molecule has 43 heavy (non-hydrogen) atoms. The van der Waals surface area contributed by atoms with Crippen molar-refractivity contribution in [1.82, 2.24) is 10.3 Å². The van der Waals surface area contributed by atoms with Gasteiger partial charge < -0.3 is 30.4 Å². The first-order valence-corrected chi connectivity index (χ1v) is 13.2. The minimum Gasteiger partial charge on any atom is -0.493 e. The summed E-state index contributed by atoms with van der Waals surface area (Å²) < 4.78 is 74.6. The van der Waals surface area contributed by atoms with Gasteiger partial charge in [-0.25, -0.2) is 9.37 Å². The summed E-state index contributed by atoms with van der Waals surface area (Å²) in [6.45, 7) is 0.154. The van der Waals surface area contributed by atoms with Crippen LogP contribution >= 0.6 is 0 Å². The number of benzene rings is 2. The SMILES string of the molecule is COc1cc(C(=O)NCC(N=O)(c2cc3c(c(-c4ccc(F)cc4)n2)OCC3(C)N)C(F)(F)F)ccc1OC1CC(O)C1. The number of rotatable bonds is 9. The topological polar surface area (TPSA) is 145 Å².